The first kappa shape index (κ1) is 12.2. The molecule has 0 aliphatic carbocycles. The first-order valence-electron chi connectivity index (χ1n) is 5.61. The van der Waals surface area contributed by atoms with E-state index < -0.39 is 11.9 Å². The van der Waals surface area contributed by atoms with E-state index in [0.29, 0.717) is 10.3 Å². The number of aromatic nitrogens is 1. The highest BCUT2D eigenvalue weighted by Gasteiger charge is 2.17. The third kappa shape index (κ3) is 2.22. The van der Waals surface area contributed by atoms with Gasteiger partial charge in [0.15, 0.2) is 0 Å². The molecule has 1 atom stereocenters. The maximum atomic E-state index is 13.6. The van der Waals surface area contributed by atoms with E-state index in [9.17, 15) is 13.9 Å². The molecule has 0 fully saturated rings. The second-order valence-corrected chi connectivity index (χ2v) is 5.25. The number of aliphatic hydroxyl groups excluding tert-OH is 1. The minimum atomic E-state index is -1.07. The van der Waals surface area contributed by atoms with Crippen molar-refractivity contribution in [2.24, 2.45) is 0 Å². The van der Waals surface area contributed by atoms with Crippen LogP contribution in [0.1, 0.15) is 16.5 Å². The van der Waals surface area contributed by atoms with Crippen LogP contribution < -0.4 is 0 Å². The third-order valence-corrected chi connectivity index (χ3v) is 4.03. The lowest BCUT2D eigenvalue weighted by Gasteiger charge is -2.08. The smallest absolute Gasteiger partial charge is 0.147 e. The van der Waals surface area contributed by atoms with E-state index >= 15 is 0 Å². The van der Waals surface area contributed by atoms with E-state index in [1.807, 2.05) is 0 Å². The van der Waals surface area contributed by atoms with Crippen LogP contribution in [0.3, 0.4) is 0 Å². The summed E-state index contributed by atoms with van der Waals surface area (Å²) in [5, 5.41) is 10.9. The Labute approximate surface area is 112 Å². The van der Waals surface area contributed by atoms with Crippen molar-refractivity contribution in [3.05, 3.63) is 64.8 Å². The van der Waals surface area contributed by atoms with Crippen molar-refractivity contribution in [3.8, 4) is 0 Å². The molecule has 5 heteroatoms. The first-order valence-corrected chi connectivity index (χ1v) is 6.43. The maximum absolute atomic E-state index is 13.6. The standard InChI is InChI=1S/C14H9F2NOS/c15-9-1-2-12-8(5-9)6-13(19-12)14(18)10-3-4-17-7-11(10)16/h1-7,14,18H. The topological polar surface area (TPSA) is 33.1 Å². The van der Waals surface area contributed by atoms with Crippen molar-refractivity contribution in [1.29, 1.82) is 0 Å². The van der Waals surface area contributed by atoms with Gasteiger partial charge in [-0.05, 0) is 35.7 Å². The van der Waals surface area contributed by atoms with Gasteiger partial charge >= 0.3 is 0 Å². The molecule has 0 aliphatic heterocycles. The average molecular weight is 277 g/mol. The van der Waals surface area contributed by atoms with Crippen LogP contribution in [-0.2, 0) is 0 Å². The van der Waals surface area contributed by atoms with Gasteiger partial charge < -0.3 is 5.11 Å². The molecule has 2 nitrogen and oxygen atoms in total. The van der Waals surface area contributed by atoms with Crippen LogP contribution in [-0.4, -0.2) is 10.1 Å². The van der Waals surface area contributed by atoms with Gasteiger partial charge in [-0.15, -0.1) is 11.3 Å². The molecule has 2 heterocycles. The second-order valence-electron chi connectivity index (χ2n) is 4.13. The van der Waals surface area contributed by atoms with Gasteiger partial charge in [-0.2, -0.15) is 0 Å². The number of fused-ring (bicyclic) bond motifs is 1. The zero-order valence-electron chi connectivity index (χ0n) is 9.68. The number of pyridine rings is 1. The molecule has 0 saturated carbocycles. The molecule has 1 unspecified atom stereocenters. The Kier molecular flexibility index (Phi) is 3.00. The van der Waals surface area contributed by atoms with Crippen molar-refractivity contribution in [3.63, 3.8) is 0 Å². The number of rotatable bonds is 2. The molecule has 0 radical (unpaired) electrons. The quantitative estimate of drug-likeness (QED) is 0.775. The van der Waals surface area contributed by atoms with Gasteiger partial charge in [0.1, 0.15) is 17.7 Å². The highest BCUT2D eigenvalue weighted by atomic mass is 32.1. The predicted molar refractivity (Wildman–Crippen MR) is 70.0 cm³/mol. The minimum absolute atomic E-state index is 0.169. The summed E-state index contributed by atoms with van der Waals surface area (Å²) in [7, 11) is 0. The highest BCUT2D eigenvalue weighted by Crippen LogP contribution is 2.34. The molecule has 0 amide bonds. The number of aliphatic hydroxyl groups is 1. The number of nitrogens with zero attached hydrogens (tertiary/aromatic N) is 1. The summed E-state index contributed by atoms with van der Waals surface area (Å²) in [6.45, 7) is 0. The largest absolute Gasteiger partial charge is 0.383 e. The Morgan fingerprint density at radius 2 is 2.00 bits per heavy atom. The van der Waals surface area contributed by atoms with Gasteiger partial charge in [-0.1, -0.05) is 0 Å². The fourth-order valence-electron chi connectivity index (χ4n) is 1.93. The molecule has 0 spiro atoms. The van der Waals surface area contributed by atoms with E-state index in [1.54, 1.807) is 12.1 Å². The van der Waals surface area contributed by atoms with Crippen LogP contribution in [0.4, 0.5) is 8.78 Å². The van der Waals surface area contributed by atoms with Gasteiger partial charge in [0.25, 0.3) is 0 Å². The molecule has 3 aromatic rings. The Hall–Kier alpha value is -1.85. The van der Waals surface area contributed by atoms with Crippen LogP contribution in [0.5, 0.6) is 0 Å². The molecular weight excluding hydrogens is 268 g/mol. The Morgan fingerprint density at radius 3 is 2.79 bits per heavy atom. The Bertz CT molecular complexity index is 741. The van der Waals surface area contributed by atoms with Gasteiger partial charge in [-0.3, -0.25) is 4.98 Å². The van der Waals surface area contributed by atoms with Crippen LogP contribution in [0.2, 0.25) is 0 Å². The molecule has 0 bridgehead atoms. The van der Waals surface area contributed by atoms with Crippen LogP contribution >= 0.6 is 11.3 Å². The molecule has 1 aromatic carbocycles. The second kappa shape index (κ2) is 4.68. The third-order valence-electron chi connectivity index (χ3n) is 2.87. The van der Waals surface area contributed by atoms with Gasteiger partial charge in [-0.25, -0.2) is 8.78 Å². The lowest BCUT2D eigenvalue weighted by molar-refractivity contribution is 0.218. The zero-order chi connectivity index (χ0) is 13.4. The zero-order valence-corrected chi connectivity index (χ0v) is 10.5. The summed E-state index contributed by atoms with van der Waals surface area (Å²) in [5.74, 6) is -0.889. The lowest BCUT2D eigenvalue weighted by atomic mass is 10.1. The summed E-state index contributed by atoms with van der Waals surface area (Å²) in [6, 6.07) is 7.51. The predicted octanol–water partition coefficient (Wildman–Crippen LogP) is 3.66. The van der Waals surface area contributed by atoms with Crippen molar-refractivity contribution >= 4 is 21.4 Å². The van der Waals surface area contributed by atoms with E-state index in [1.165, 1.54) is 35.7 Å². The molecule has 2 aromatic heterocycles. The van der Waals surface area contributed by atoms with Gasteiger partial charge in [0.05, 0.1) is 6.20 Å². The van der Waals surface area contributed by atoms with Gasteiger partial charge in [0.2, 0.25) is 0 Å². The summed E-state index contributed by atoms with van der Waals surface area (Å²) >= 11 is 1.31. The van der Waals surface area contributed by atoms with E-state index in [0.717, 1.165) is 10.9 Å². The molecule has 3 rings (SSSR count). The summed E-state index contributed by atoms with van der Waals surface area (Å²) < 4.78 is 27.5. The van der Waals surface area contributed by atoms with Crippen molar-refractivity contribution < 1.29 is 13.9 Å². The lowest BCUT2D eigenvalue weighted by Crippen LogP contribution is -2.00. The minimum Gasteiger partial charge on any atom is -0.383 e. The highest BCUT2D eigenvalue weighted by molar-refractivity contribution is 7.19. The van der Waals surface area contributed by atoms with Gasteiger partial charge in [0, 0.05) is 21.3 Å². The van der Waals surface area contributed by atoms with Crippen molar-refractivity contribution in [2.45, 2.75) is 6.10 Å². The summed E-state index contributed by atoms with van der Waals surface area (Å²) in [6.07, 6.45) is 1.42. The number of hydrogen-bond acceptors (Lipinski definition) is 3. The maximum Gasteiger partial charge on any atom is 0.147 e. The summed E-state index contributed by atoms with van der Waals surface area (Å²) in [4.78, 5) is 4.22. The molecule has 1 N–H and O–H groups in total. The fourth-order valence-corrected chi connectivity index (χ4v) is 2.98. The Morgan fingerprint density at radius 1 is 1.16 bits per heavy atom. The van der Waals surface area contributed by atoms with Crippen molar-refractivity contribution in [1.82, 2.24) is 4.98 Å². The fraction of sp³-hybridized carbons (Fsp3) is 0.0714. The molecule has 96 valence electrons. The molecular formula is C14H9F2NOS. The van der Waals surface area contributed by atoms with E-state index in [2.05, 4.69) is 4.98 Å². The monoisotopic (exact) mass is 277 g/mol. The van der Waals surface area contributed by atoms with E-state index in [-0.39, 0.29) is 11.4 Å². The van der Waals surface area contributed by atoms with Crippen LogP contribution in [0.25, 0.3) is 10.1 Å². The van der Waals surface area contributed by atoms with Crippen LogP contribution in [0, 0.1) is 11.6 Å². The number of hydrogen-bond donors (Lipinski definition) is 1. The van der Waals surface area contributed by atoms with E-state index in [4.69, 9.17) is 0 Å². The first-order chi connectivity index (χ1) is 9.15. The number of thiophene rings is 1. The molecule has 0 aliphatic rings. The molecule has 0 saturated heterocycles. The Balaban J connectivity index is 2.07. The summed E-state index contributed by atoms with van der Waals surface area (Å²) in [5.41, 5.74) is 0.169. The SMILES string of the molecule is OC(c1cc2cc(F)ccc2s1)c1ccncc1F. The van der Waals surface area contributed by atoms with Crippen molar-refractivity contribution in [2.75, 3.05) is 0 Å². The number of benzene rings is 1. The average Bonchev–Trinajstić information content (AvgIpc) is 2.81. The van der Waals surface area contributed by atoms with Crippen LogP contribution in [0.15, 0.2) is 42.7 Å². The molecule has 19 heavy (non-hydrogen) atoms. The number of halogens is 2. The normalized spacial score (nSPS) is 12.8.